The van der Waals surface area contributed by atoms with Crippen LogP contribution in [-0.2, 0) is 19.1 Å². The number of nitrogens with one attached hydrogen (secondary N) is 2. The van der Waals surface area contributed by atoms with Crippen molar-refractivity contribution >= 4 is 23.5 Å². The molecule has 0 bridgehead atoms. The molecule has 0 saturated carbocycles. The largest absolute Gasteiger partial charge is 0.482 e. The van der Waals surface area contributed by atoms with Crippen LogP contribution in [0.3, 0.4) is 0 Å². The van der Waals surface area contributed by atoms with Crippen LogP contribution in [0, 0.1) is 25.2 Å². The van der Waals surface area contributed by atoms with E-state index >= 15 is 0 Å². The van der Waals surface area contributed by atoms with Crippen molar-refractivity contribution < 1.29 is 23.9 Å². The number of nitriles is 1. The highest BCUT2D eigenvalue weighted by Crippen LogP contribution is 2.19. The van der Waals surface area contributed by atoms with E-state index in [1.54, 1.807) is 24.3 Å². The molecule has 0 aliphatic rings. The van der Waals surface area contributed by atoms with Crippen LogP contribution in [-0.4, -0.2) is 37.5 Å². The third-order valence-corrected chi connectivity index (χ3v) is 3.90. The summed E-state index contributed by atoms with van der Waals surface area (Å²) in [4.78, 5) is 35.4. The minimum Gasteiger partial charge on any atom is -0.482 e. The standard InChI is InChI=1S/C21H21N3O5/c1-14-4-3-5-15(2)21(14)24-18(25)11-23-19(26)12-29-20(27)13-28-17-8-6-16(10-22)7-9-17/h3-9H,11-13H2,1-2H3,(H,23,26)(H,24,25). The first kappa shape index (κ1) is 21.4. The minimum absolute atomic E-state index is 0.244. The van der Waals surface area contributed by atoms with Gasteiger partial charge in [0.05, 0.1) is 18.2 Å². The number of ether oxygens (including phenoxy) is 2. The number of para-hydroxylation sites is 1. The monoisotopic (exact) mass is 395 g/mol. The van der Waals surface area contributed by atoms with Gasteiger partial charge in [-0.2, -0.15) is 5.26 Å². The number of hydrogen-bond acceptors (Lipinski definition) is 6. The third kappa shape index (κ3) is 6.99. The number of esters is 1. The van der Waals surface area contributed by atoms with Crippen molar-refractivity contribution in [2.24, 2.45) is 0 Å². The minimum atomic E-state index is -0.732. The zero-order chi connectivity index (χ0) is 21.2. The number of nitrogens with zero attached hydrogens (tertiary/aromatic N) is 1. The maximum atomic E-state index is 12.0. The summed E-state index contributed by atoms with van der Waals surface area (Å²) in [6.45, 7) is 2.60. The topological polar surface area (TPSA) is 118 Å². The number of rotatable bonds is 8. The zero-order valence-corrected chi connectivity index (χ0v) is 16.2. The van der Waals surface area contributed by atoms with E-state index in [1.165, 1.54) is 0 Å². The molecule has 0 aliphatic heterocycles. The van der Waals surface area contributed by atoms with E-state index in [1.807, 2.05) is 38.1 Å². The molecule has 2 aromatic rings. The molecule has 2 aromatic carbocycles. The molecule has 0 saturated heterocycles. The Labute approximate surface area is 168 Å². The molecule has 0 aromatic heterocycles. The second kappa shape index (κ2) is 10.5. The molecule has 0 aliphatic carbocycles. The summed E-state index contributed by atoms with van der Waals surface area (Å²) < 4.78 is 10.0. The van der Waals surface area contributed by atoms with Crippen LogP contribution in [0.1, 0.15) is 16.7 Å². The Hall–Kier alpha value is -3.86. The summed E-state index contributed by atoms with van der Waals surface area (Å²) in [6, 6.07) is 13.8. The van der Waals surface area contributed by atoms with Gasteiger partial charge < -0.3 is 20.1 Å². The molecule has 8 heteroatoms. The van der Waals surface area contributed by atoms with Gasteiger partial charge >= 0.3 is 5.97 Å². The van der Waals surface area contributed by atoms with Gasteiger partial charge in [-0.3, -0.25) is 9.59 Å². The molecule has 0 atom stereocenters. The van der Waals surface area contributed by atoms with E-state index < -0.39 is 18.5 Å². The van der Waals surface area contributed by atoms with Crippen molar-refractivity contribution in [1.82, 2.24) is 5.32 Å². The van der Waals surface area contributed by atoms with Gasteiger partial charge in [-0.25, -0.2) is 4.79 Å². The molecule has 0 heterocycles. The molecular formula is C21H21N3O5. The zero-order valence-electron chi connectivity index (χ0n) is 16.2. The molecule has 0 radical (unpaired) electrons. The summed E-state index contributed by atoms with van der Waals surface area (Å²) in [6.07, 6.45) is 0. The van der Waals surface area contributed by atoms with Gasteiger partial charge in [0.1, 0.15) is 5.75 Å². The average molecular weight is 395 g/mol. The van der Waals surface area contributed by atoms with Crippen LogP contribution in [0.5, 0.6) is 5.75 Å². The van der Waals surface area contributed by atoms with Crippen molar-refractivity contribution in [1.29, 1.82) is 5.26 Å². The van der Waals surface area contributed by atoms with Gasteiger partial charge in [0.15, 0.2) is 13.2 Å². The Bertz CT molecular complexity index is 912. The lowest BCUT2D eigenvalue weighted by molar-refractivity contribution is -0.150. The Balaban J connectivity index is 1.67. The van der Waals surface area contributed by atoms with Gasteiger partial charge in [-0.1, -0.05) is 18.2 Å². The number of hydrogen-bond donors (Lipinski definition) is 2. The summed E-state index contributed by atoms with van der Waals surface area (Å²) in [5.41, 5.74) is 3.01. The Morgan fingerprint density at radius 2 is 1.62 bits per heavy atom. The highest BCUT2D eigenvalue weighted by Gasteiger charge is 2.11. The van der Waals surface area contributed by atoms with Crippen molar-refractivity contribution in [3.8, 4) is 11.8 Å². The normalized spacial score (nSPS) is 9.83. The van der Waals surface area contributed by atoms with Gasteiger partial charge in [-0.15, -0.1) is 0 Å². The van der Waals surface area contributed by atoms with Crippen LogP contribution in [0.15, 0.2) is 42.5 Å². The van der Waals surface area contributed by atoms with Crippen molar-refractivity contribution in [3.63, 3.8) is 0 Å². The highest BCUT2D eigenvalue weighted by molar-refractivity contribution is 5.96. The van der Waals surface area contributed by atoms with Gasteiger partial charge in [-0.05, 0) is 49.2 Å². The molecule has 0 spiro atoms. The fourth-order valence-corrected chi connectivity index (χ4v) is 2.38. The lowest BCUT2D eigenvalue weighted by Crippen LogP contribution is -2.36. The number of carbonyl (C=O) groups is 3. The van der Waals surface area contributed by atoms with Crippen molar-refractivity contribution in [3.05, 3.63) is 59.2 Å². The molecule has 29 heavy (non-hydrogen) atoms. The van der Waals surface area contributed by atoms with Gasteiger partial charge in [0.25, 0.3) is 5.91 Å². The molecule has 2 rings (SSSR count). The van der Waals surface area contributed by atoms with E-state index in [4.69, 9.17) is 14.7 Å². The lowest BCUT2D eigenvalue weighted by Gasteiger charge is -2.12. The van der Waals surface area contributed by atoms with Crippen LogP contribution in [0.4, 0.5) is 5.69 Å². The van der Waals surface area contributed by atoms with E-state index in [0.717, 1.165) is 11.1 Å². The average Bonchev–Trinajstić information content (AvgIpc) is 2.72. The highest BCUT2D eigenvalue weighted by atomic mass is 16.6. The number of benzene rings is 2. The summed E-state index contributed by atoms with van der Waals surface area (Å²) >= 11 is 0. The maximum Gasteiger partial charge on any atom is 0.344 e. The molecule has 0 fully saturated rings. The number of anilines is 1. The summed E-state index contributed by atoms with van der Waals surface area (Å²) in [5, 5.41) is 13.8. The molecule has 150 valence electrons. The second-order valence-corrected chi connectivity index (χ2v) is 6.18. The molecule has 2 amide bonds. The maximum absolute atomic E-state index is 12.0. The van der Waals surface area contributed by atoms with E-state index in [2.05, 4.69) is 10.6 Å². The number of aryl methyl sites for hydroxylation is 2. The van der Waals surface area contributed by atoms with Crippen LogP contribution >= 0.6 is 0 Å². The van der Waals surface area contributed by atoms with Gasteiger partial charge in [0, 0.05) is 5.69 Å². The first-order valence-corrected chi connectivity index (χ1v) is 8.80. The molecule has 0 unspecified atom stereocenters. The van der Waals surface area contributed by atoms with Crippen LogP contribution < -0.4 is 15.4 Å². The fourth-order valence-electron chi connectivity index (χ4n) is 2.38. The number of amides is 2. The quantitative estimate of drug-likeness (QED) is 0.659. The van der Waals surface area contributed by atoms with E-state index in [9.17, 15) is 14.4 Å². The Morgan fingerprint density at radius 1 is 0.966 bits per heavy atom. The summed E-state index contributed by atoms with van der Waals surface area (Å²) in [5.74, 6) is -1.32. The molecule has 2 N–H and O–H groups in total. The third-order valence-electron chi connectivity index (χ3n) is 3.90. The molecule has 8 nitrogen and oxygen atoms in total. The summed E-state index contributed by atoms with van der Waals surface area (Å²) in [7, 11) is 0. The smallest absolute Gasteiger partial charge is 0.344 e. The molecular weight excluding hydrogens is 374 g/mol. The van der Waals surface area contributed by atoms with Crippen molar-refractivity contribution in [2.75, 3.05) is 25.1 Å². The second-order valence-electron chi connectivity index (χ2n) is 6.18. The Kier molecular flexibility index (Phi) is 7.74. The van der Waals surface area contributed by atoms with E-state index in [-0.39, 0.29) is 19.1 Å². The van der Waals surface area contributed by atoms with Gasteiger partial charge in [0.2, 0.25) is 5.91 Å². The fraction of sp³-hybridized carbons (Fsp3) is 0.238. The first-order chi connectivity index (χ1) is 13.9. The lowest BCUT2D eigenvalue weighted by atomic mass is 10.1. The van der Waals surface area contributed by atoms with Crippen molar-refractivity contribution in [2.45, 2.75) is 13.8 Å². The van der Waals surface area contributed by atoms with E-state index in [0.29, 0.717) is 17.0 Å². The first-order valence-electron chi connectivity index (χ1n) is 8.80. The predicted octanol–water partition coefficient (Wildman–Crippen LogP) is 1.85. The Morgan fingerprint density at radius 3 is 2.24 bits per heavy atom. The van der Waals surface area contributed by atoms with Crippen LogP contribution in [0.2, 0.25) is 0 Å². The predicted molar refractivity (Wildman–Crippen MR) is 105 cm³/mol. The SMILES string of the molecule is Cc1cccc(C)c1NC(=O)CNC(=O)COC(=O)COc1ccc(C#N)cc1. The number of carbonyl (C=O) groups excluding carboxylic acids is 3. The van der Waals surface area contributed by atoms with Crippen LogP contribution in [0.25, 0.3) is 0 Å².